The van der Waals surface area contributed by atoms with E-state index in [1.165, 1.54) is 16.9 Å². The fraction of sp³-hybridized carbons (Fsp3) is 0. The molecule has 94 valence electrons. The third-order valence-corrected chi connectivity index (χ3v) is 2.75. The molecule has 0 saturated carbocycles. The molecule has 0 spiro atoms. The van der Waals surface area contributed by atoms with Gasteiger partial charge in [-0.2, -0.15) is 4.68 Å². The molecule has 7 nitrogen and oxygen atoms in total. The molecule has 0 atom stereocenters. The van der Waals surface area contributed by atoms with E-state index < -0.39 is 5.91 Å². The van der Waals surface area contributed by atoms with Crippen LogP contribution in [0.3, 0.4) is 0 Å². The number of primary amides is 1. The van der Waals surface area contributed by atoms with Gasteiger partial charge in [0.15, 0.2) is 5.82 Å². The number of carbonyl (C=O) groups excluding carboxylic acids is 1. The summed E-state index contributed by atoms with van der Waals surface area (Å²) in [5.74, 6) is -0.165. The van der Waals surface area contributed by atoms with Crippen LogP contribution in [0.1, 0.15) is 10.4 Å². The topological polar surface area (TPSA) is 113 Å². The summed E-state index contributed by atoms with van der Waals surface area (Å²) < 4.78 is 1.53. The molecule has 19 heavy (non-hydrogen) atoms. The van der Waals surface area contributed by atoms with Crippen molar-refractivity contribution < 1.29 is 4.79 Å². The molecule has 0 unspecified atom stereocenters. The van der Waals surface area contributed by atoms with E-state index >= 15 is 0 Å². The minimum atomic E-state index is -0.606. The van der Waals surface area contributed by atoms with Crippen LogP contribution in [0.4, 0.5) is 5.69 Å². The van der Waals surface area contributed by atoms with E-state index in [0.29, 0.717) is 5.82 Å². The summed E-state index contributed by atoms with van der Waals surface area (Å²) in [4.78, 5) is 15.4. The van der Waals surface area contributed by atoms with Gasteiger partial charge in [0.1, 0.15) is 5.52 Å². The summed E-state index contributed by atoms with van der Waals surface area (Å²) in [5, 5.41) is 8.02. The van der Waals surface area contributed by atoms with Gasteiger partial charge >= 0.3 is 0 Å². The van der Waals surface area contributed by atoms with Gasteiger partial charge in [-0.1, -0.05) is 17.3 Å². The predicted molar refractivity (Wildman–Crippen MR) is 69.6 cm³/mol. The Morgan fingerprint density at radius 2 is 2.05 bits per heavy atom. The largest absolute Gasteiger partial charge is 0.397 e. The van der Waals surface area contributed by atoms with Gasteiger partial charge in [0.2, 0.25) is 0 Å². The minimum absolute atomic E-state index is 0.213. The first-order valence-corrected chi connectivity index (χ1v) is 5.53. The second kappa shape index (κ2) is 4.05. The standard InChI is InChI=1S/C12H10N6O/c13-8-6-15-11(5-7(8)12(14)19)18-10-4-2-1-3-9(10)16-17-18/h1-6H,13H2,(H2,14,19). The average molecular weight is 254 g/mol. The van der Waals surface area contributed by atoms with Crippen molar-refractivity contribution in [2.75, 3.05) is 5.73 Å². The molecule has 3 rings (SSSR count). The second-order valence-corrected chi connectivity index (χ2v) is 3.98. The molecule has 0 aliphatic heterocycles. The summed E-state index contributed by atoms with van der Waals surface area (Å²) >= 11 is 0. The predicted octanol–water partition coefficient (Wildman–Crippen LogP) is 0.497. The van der Waals surface area contributed by atoms with Gasteiger partial charge in [-0.05, 0) is 18.2 Å². The molecule has 0 bridgehead atoms. The summed E-state index contributed by atoms with van der Waals surface area (Å²) in [7, 11) is 0. The second-order valence-electron chi connectivity index (χ2n) is 3.98. The quantitative estimate of drug-likeness (QED) is 0.691. The molecule has 0 aliphatic rings. The number of rotatable bonds is 2. The van der Waals surface area contributed by atoms with Crippen molar-refractivity contribution in [3.8, 4) is 5.82 Å². The van der Waals surface area contributed by atoms with Gasteiger partial charge in [-0.3, -0.25) is 4.79 Å². The molecule has 7 heteroatoms. The van der Waals surface area contributed by atoms with E-state index in [1.54, 1.807) is 0 Å². The van der Waals surface area contributed by atoms with Crippen molar-refractivity contribution in [3.63, 3.8) is 0 Å². The Labute approximate surface area is 107 Å². The Balaban J connectivity index is 2.22. The zero-order valence-electron chi connectivity index (χ0n) is 9.82. The van der Waals surface area contributed by atoms with Gasteiger partial charge < -0.3 is 11.5 Å². The normalized spacial score (nSPS) is 10.7. The van der Waals surface area contributed by atoms with Crippen LogP contribution in [0.25, 0.3) is 16.9 Å². The van der Waals surface area contributed by atoms with Gasteiger partial charge in [0.25, 0.3) is 5.91 Å². The van der Waals surface area contributed by atoms with Crippen LogP contribution in [-0.4, -0.2) is 25.9 Å². The maximum atomic E-state index is 11.3. The molecule has 1 aromatic carbocycles. The molecular formula is C12H10N6O. The lowest BCUT2D eigenvalue weighted by atomic mass is 10.2. The molecule has 2 aromatic heterocycles. The number of benzene rings is 1. The highest BCUT2D eigenvalue weighted by atomic mass is 16.1. The highest BCUT2D eigenvalue weighted by Gasteiger charge is 2.12. The van der Waals surface area contributed by atoms with Crippen molar-refractivity contribution in [3.05, 3.63) is 42.1 Å². The first-order valence-electron chi connectivity index (χ1n) is 5.53. The van der Waals surface area contributed by atoms with Crippen LogP contribution >= 0.6 is 0 Å². The molecule has 4 N–H and O–H groups in total. The van der Waals surface area contributed by atoms with Gasteiger partial charge in [0.05, 0.1) is 23.0 Å². The van der Waals surface area contributed by atoms with Crippen molar-refractivity contribution in [1.29, 1.82) is 0 Å². The third kappa shape index (κ3) is 1.77. The number of carbonyl (C=O) groups is 1. The maximum Gasteiger partial charge on any atom is 0.250 e. The minimum Gasteiger partial charge on any atom is -0.397 e. The van der Waals surface area contributed by atoms with Crippen molar-refractivity contribution in [1.82, 2.24) is 20.0 Å². The average Bonchev–Trinajstić information content (AvgIpc) is 2.83. The lowest BCUT2D eigenvalue weighted by Gasteiger charge is -2.05. The van der Waals surface area contributed by atoms with Gasteiger partial charge in [-0.25, -0.2) is 4.98 Å². The number of nitrogens with zero attached hydrogens (tertiary/aromatic N) is 4. The lowest BCUT2D eigenvalue weighted by molar-refractivity contribution is 0.100. The smallest absolute Gasteiger partial charge is 0.250 e. The molecule has 3 aromatic rings. The van der Waals surface area contributed by atoms with Crippen LogP contribution in [-0.2, 0) is 0 Å². The van der Waals surface area contributed by atoms with Gasteiger partial charge in [-0.15, -0.1) is 5.10 Å². The monoisotopic (exact) mass is 254 g/mol. The molecule has 0 saturated heterocycles. The number of hydrogen-bond acceptors (Lipinski definition) is 5. The van der Waals surface area contributed by atoms with E-state index in [4.69, 9.17) is 11.5 Å². The number of fused-ring (bicyclic) bond motifs is 1. The van der Waals surface area contributed by atoms with Crippen LogP contribution in [0.15, 0.2) is 36.5 Å². The van der Waals surface area contributed by atoms with E-state index in [0.717, 1.165) is 11.0 Å². The number of pyridine rings is 1. The number of aromatic nitrogens is 4. The lowest BCUT2D eigenvalue weighted by Crippen LogP contribution is -2.15. The Morgan fingerprint density at radius 1 is 1.26 bits per heavy atom. The molecule has 0 aliphatic carbocycles. The Kier molecular flexibility index (Phi) is 2.38. The SMILES string of the molecule is NC(=O)c1cc(-n2nnc3ccccc32)ncc1N. The highest BCUT2D eigenvalue weighted by Crippen LogP contribution is 2.17. The van der Waals surface area contributed by atoms with Crippen LogP contribution < -0.4 is 11.5 Å². The summed E-state index contributed by atoms with van der Waals surface area (Å²) in [6.45, 7) is 0. The van der Waals surface area contributed by atoms with Crippen LogP contribution in [0, 0.1) is 0 Å². The molecular weight excluding hydrogens is 244 g/mol. The number of para-hydroxylation sites is 1. The van der Waals surface area contributed by atoms with Crippen molar-refractivity contribution >= 4 is 22.6 Å². The van der Waals surface area contributed by atoms with Crippen LogP contribution in [0.5, 0.6) is 0 Å². The van der Waals surface area contributed by atoms with Gasteiger partial charge in [0, 0.05) is 0 Å². The van der Waals surface area contributed by atoms with E-state index in [2.05, 4.69) is 15.3 Å². The van der Waals surface area contributed by atoms with Crippen molar-refractivity contribution in [2.24, 2.45) is 5.73 Å². The fourth-order valence-corrected chi connectivity index (χ4v) is 1.82. The zero-order valence-corrected chi connectivity index (χ0v) is 9.82. The molecule has 1 amide bonds. The van der Waals surface area contributed by atoms with E-state index in [-0.39, 0.29) is 11.3 Å². The van der Waals surface area contributed by atoms with E-state index in [1.807, 2.05) is 24.3 Å². The Hall–Kier alpha value is -2.96. The third-order valence-electron chi connectivity index (χ3n) is 2.75. The maximum absolute atomic E-state index is 11.3. The summed E-state index contributed by atoms with van der Waals surface area (Å²) in [5.41, 5.74) is 12.9. The molecule has 0 fully saturated rings. The first kappa shape index (κ1) is 11.1. The number of amides is 1. The Bertz CT molecular complexity index is 779. The number of anilines is 1. The number of hydrogen-bond donors (Lipinski definition) is 2. The zero-order chi connectivity index (χ0) is 13.4. The molecule has 2 heterocycles. The summed E-state index contributed by atoms with van der Waals surface area (Å²) in [6, 6.07) is 8.93. The highest BCUT2D eigenvalue weighted by molar-refractivity contribution is 5.98. The Morgan fingerprint density at radius 3 is 2.84 bits per heavy atom. The van der Waals surface area contributed by atoms with E-state index in [9.17, 15) is 4.79 Å². The van der Waals surface area contributed by atoms with Crippen molar-refractivity contribution in [2.45, 2.75) is 0 Å². The fourth-order valence-electron chi connectivity index (χ4n) is 1.82. The molecule has 0 radical (unpaired) electrons. The van der Waals surface area contributed by atoms with Crippen LogP contribution in [0.2, 0.25) is 0 Å². The first-order chi connectivity index (χ1) is 9.16. The number of nitrogen functional groups attached to an aromatic ring is 1. The summed E-state index contributed by atoms with van der Waals surface area (Å²) in [6.07, 6.45) is 1.38. The number of nitrogens with two attached hydrogens (primary N) is 2.